The number of rotatable bonds is 60. The molecular weight excluding hydrogens is 901 g/mol. The van der Waals surface area contributed by atoms with Gasteiger partial charge in [0, 0.05) is 19.3 Å². The summed E-state index contributed by atoms with van der Waals surface area (Å²) in [6.07, 6.45) is 75.9. The third-order valence-electron chi connectivity index (χ3n) is 14.6. The first-order valence-electron chi connectivity index (χ1n) is 32.5. The quantitative estimate of drug-likeness (QED) is 0.0261. The van der Waals surface area contributed by atoms with Gasteiger partial charge in [-0.2, -0.15) is 0 Å². The summed E-state index contributed by atoms with van der Waals surface area (Å²) in [6, 6.07) is 0. The predicted octanol–water partition coefficient (Wildman–Crippen LogP) is 22.0. The second kappa shape index (κ2) is 62.2. The molecule has 0 saturated carbocycles. The number of hydrogen-bond acceptors (Lipinski definition) is 6. The molecule has 428 valence electrons. The first-order valence-corrected chi connectivity index (χ1v) is 32.5. The van der Waals surface area contributed by atoms with Gasteiger partial charge in [0.25, 0.3) is 0 Å². The molecule has 6 heteroatoms. The summed E-state index contributed by atoms with van der Waals surface area (Å²) < 4.78 is 16.9. The van der Waals surface area contributed by atoms with Crippen molar-refractivity contribution in [1.82, 2.24) is 0 Å². The van der Waals surface area contributed by atoms with Crippen LogP contribution in [0.2, 0.25) is 0 Å². The maximum absolute atomic E-state index is 12.9. The van der Waals surface area contributed by atoms with Crippen LogP contribution < -0.4 is 0 Å². The van der Waals surface area contributed by atoms with Crippen LogP contribution >= 0.6 is 0 Å². The van der Waals surface area contributed by atoms with Gasteiger partial charge in [-0.25, -0.2) is 0 Å². The fourth-order valence-electron chi connectivity index (χ4n) is 9.71. The molecule has 0 fully saturated rings. The lowest BCUT2D eigenvalue weighted by atomic mass is 10.0. The monoisotopic (exact) mass is 1020 g/mol. The molecule has 6 nitrogen and oxygen atoms in total. The van der Waals surface area contributed by atoms with Crippen LogP contribution in [0.1, 0.15) is 355 Å². The Labute approximate surface area is 455 Å². The largest absolute Gasteiger partial charge is 0.462 e. The highest BCUT2D eigenvalue weighted by atomic mass is 16.6. The Kier molecular flexibility index (Phi) is 60.2. The van der Waals surface area contributed by atoms with Crippen LogP contribution in [0.5, 0.6) is 0 Å². The Morgan fingerprint density at radius 2 is 0.493 bits per heavy atom. The third kappa shape index (κ3) is 60.4. The van der Waals surface area contributed by atoms with Crippen molar-refractivity contribution in [3.63, 3.8) is 0 Å². The Hall–Kier alpha value is -2.37. The molecule has 0 rings (SSSR count). The van der Waals surface area contributed by atoms with E-state index < -0.39 is 6.10 Å². The summed E-state index contributed by atoms with van der Waals surface area (Å²) in [7, 11) is 0. The van der Waals surface area contributed by atoms with E-state index in [0.29, 0.717) is 19.3 Å². The lowest BCUT2D eigenvalue weighted by Crippen LogP contribution is -2.30. The van der Waals surface area contributed by atoms with Crippen LogP contribution in [0.15, 0.2) is 36.5 Å². The molecule has 0 amide bonds. The Balaban J connectivity index is 4.23. The SMILES string of the molecule is CCCCC/C=C\CCCCCCCC(=O)OCC(COC(=O)CCCCCCCCCCCCCCCCCCCCCCCCCCC)OC(=O)CCCCCCCCC/C=C\C/C=C\CCCCCC. The molecule has 0 spiro atoms. The van der Waals surface area contributed by atoms with Gasteiger partial charge in [-0.3, -0.25) is 14.4 Å². The van der Waals surface area contributed by atoms with Gasteiger partial charge in [0.1, 0.15) is 13.2 Å². The predicted molar refractivity (Wildman–Crippen MR) is 316 cm³/mol. The highest BCUT2D eigenvalue weighted by molar-refractivity contribution is 5.71. The number of carbonyl (C=O) groups excluding carboxylic acids is 3. The molecule has 0 aliphatic heterocycles. The topological polar surface area (TPSA) is 78.9 Å². The zero-order valence-corrected chi connectivity index (χ0v) is 49.2. The number of ether oxygens (including phenoxy) is 3. The van der Waals surface area contributed by atoms with Crippen molar-refractivity contribution in [3.8, 4) is 0 Å². The van der Waals surface area contributed by atoms with Crippen molar-refractivity contribution in [3.05, 3.63) is 36.5 Å². The molecule has 1 unspecified atom stereocenters. The van der Waals surface area contributed by atoms with E-state index in [-0.39, 0.29) is 31.1 Å². The average molecular weight is 1030 g/mol. The Bertz CT molecular complexity index is 1220. The third-order valence-corrected chi connectivity index (χ3v) is 14.6. The van der Waals surface area contributed by atoms with Crippen LogP contribution in [-0.4, -0.2) is 37.2 Å². The molecule has 73 heavy (non-hydrogen) atoms. The summed E-state index contributed by atoms with van der Waals surface area (Å²) in [5, 5.41) is 0. The molecule has 1 atom stereocenters. The molecule has 0 radical (unpaired) electrons. The van der Waals surface area contributed by atoms with Crippen molar-refractivity contribution < 1.29 is 28.6 Å². The summed E-state index contributed by atoms with van der Waals surface area (Å²) >= 11 is 0. The highest BCUT2D eigenvalue weighted by Gasteiger charge is 2.19. The zero-order chi connectivity index (χ0) is 52.9. The fraction of sp³-hybridized carbons (Fsp3) is 0.866. The molecule has 0 aliphatic rings. The molecule has 0 aromatic heterocycles. The van der Waals surface area contributed by atoms with E-state index in [2.05, 4.69) is 57.2 Å². The summed E-state index contributed by atoms with van der Waals surface area (Å²) in [6.45, 7) is 6.64. The van der Waals surface area contributed by atoms with Crippen molar-refractivity contribution in [2.45, 2.75) is 361 Å². The van der Waals surface area contributed by atoms with E-state index in [9.17, 15) is 14.4 Å². The van der Waals surface area contributed by atoms with E-state index in [1.54, 1.807) is 0 Å². The van der Waals surface area contributed by atoms with Crippen molar-refractivity contribution in [1.29, 1.82) is 0 Å². The zero-order valence-electron chi connectivity index (χ0n) is 49.2. The first-order chi connectivity index (χ1) is 36.0. The minimum absolute atomic E-state index is 0.0740. The highest BCUT2D eigenvalue weighted by Crippen LogP contribution is 2.18. The van der Waals surface area contributed by atoms with E-state index >= 15 is 0 Å². The minimum atomic E-state index is -0.778. The Morgan fingerprint density at radius 3 is 0.808 bits per heavy atom. The number of allylic oxidation sites excluding steroid dienone is 6. The standard InChI is InChI=1S/C67H124O6/c1-4-7-10-13-16-19-22-25-27-29-31-32-33-34-35-36-37-39-40-42-45-48-51-54-57-60-66(69)72-63-64(62-71-65(68)59-56-53-50-47-44-24-21-18-15-12-9-6-3)73-67(70)61-58-55-52-49-46-43-41-38-30-28-26-23-20-17-14-11-8-5-2/h18,20-21,23,28,30,64H,4-17,19,22,24-27,29,31-63H2,1-3H3/b21-18-,23-20-,30-28-. The molecule has 0 bridgehead atoms. The van der Waals surface area contributed by atoms with E-state index in [1.165, 1.54) is 238 Å². The molecule has 0 aliphatic carbocycles. The van der Waals surface area contributed by atoms with Gasteiger partial charge in [0.2, 0.25) is 0 Å². The maximum Gasteiger partial charge on any atom is 0.306 e. The van der Waals surface area contributed by atoms with Gasteiger partial charge < -0.3 is 14.2 Å². The lowest BCUT2D eigenvalue weighted by molar-refractivity contribution is -0.167. The van der Waals surface area contributed by atoms with Crippen LogP contribution in [0.4, 0.5) is 0 Å². The molecule has 0 saturated heterocycles. The number of unbranched alkanes of at least 4 members (excludes halogenated alkanes) is 43. The summed E-state index contributed by atoms with van der Waals surface area (Å²) in [4.78, 5) is 38.3. The summed E-state index contributed by atoms with van der Waals surface area (Å²) in [5.74, 6) is -0.870. The van der Waals surface area contributed by atoms with Crippen LogP contribution in [0.3, 0.4) is 0 Å². The van der Waals surface area contributed by atoms with E-state index in [0.717, 1.165) is 77.0 Å². The van der Waals surface area contributed by atoms with Gasteiger partial charge in [0.05, 0.1) is 0 Å². The van der Waals surface area contributed by atoms with E-state index in [1.807, 2.05) is 0 Å². The van der Waals surface area contributed by atoms with Crippen molar-refractivity contribution in [2.75, 3.05) is 13.2 Å². The van der Waals surface area contributed by atoms with Gasteiger partial charge in [-0.15, -0.1) is 0 Å². The molecule has 0 heterocycles. The number of carbonyl (C=O) groups is 3. The fourth-order valence-corrected chi connectivity index (χ4v) is 9.71. The number of hydrogen-bond donors (Lipinski definition) is 0. The Morgan fingerprint density at radius 1 is 0.274 bits per heavy atom. The molecule has 0 N–H and O–H groups in total. The van der Waals surface area contributed by atoms with Crippen molar-refractivity contribution >= 4 is 17.9 Å². The molecule has 0 aromatic rings. The maximum atomic E-state index is 12.9. The number of esters is 3. The van der Waals surface area contributed by atoms with Gasteiger partial charge in [0.15, 0.2) is 6.10 Å². The van der Waals surface area contributed by atoms with Crippen molar-refractivity contribution in [2.24, 2.45) is 0 Å². The normalized spacial score (nSPS) is 12.2. The lowest BCUT2D eigenvalue weighted by Gasteiger charge is -2.18. The van der Waals surface area contributed by atoms with E-state index in [4.69, 9.17) is 14.2 Å². The summed E-state index contributed by atoms with van der Waals surface area (Å²) in [5.41, 5.74) is 0. The molecule has 0 aromatic carbocycles. The minimum Gasteiger partial charge on any atom is -0.462 e. The van der Waals surface area contributed by atoms with Gasteiger partial charge in [-0.1, -0.05) is 295 Å². The van der Waals surface area contributed by atoms with Gasteiger partial charge in [-0.05, 0) is 77.0 Å². The van der Waals surface area contributed by atoms with Crippen LogP contribution in [0.25, 0.3) is 0 Å². The van der Waals surface area contributed by atoms with Gasteiger partial charge >= 0.3 is 17.9 Å². The van der Waals surface area contributed by atoms with Crippen LogP contribution in [-0.2, 0) is 28.6 Å². The average Bonchev–Trinajstić information content (AvgIpc) is 3.39. The smallest absolute Gasteiger partial charge is 0.306 e. The molecular formula is C67H124O6. The second-order valence-electron chi connectivity index (χ2n) is 22.0. The first kappa shape index (κ1) is 70.6. The second-order valence-corrected chi connectivity index (χ2v) is 22.0. The van der Waals surface area contributed by atoms with Crippen LogP contribution in [0, 0.1) is 0 Å².